The Balaban J connectivity index is 2.29. The third-order valence-corrected chi connectivity index (χ3v) is 3.73. The molecule has 0 saturated carbocycles. The summed E-state index contributed by atoms with van der Waals surface area (Å²) in [6, 6.07) is 7.03. The summed E-state index contributed by atoms with van der Waals surface area (Å²) in [5.41, 5.74) is 1.09. The summed E-state index contributed by atoms with van der Waals surface area (Å²) in [5.74, 6) is 0.00256. The zero-order valence-corrected chi connectivity index (χ0v) is 16.8. The summed E-state index contributed by atoms with van der Waals surface area (Å²) in [4.78, 5) is 15.8. The molecule has 1 unspecified atom stereocenters. The van der Waals surface area contributed by atoms with Gasteiger partial charge in [0.15, 0.2) is 11.8 Å². The van der Waals surface area contributed by atoms with Crippen LogP contribution in [0.2, 0.25) is 0 Å². The van der Waals surface area contributed by atoms with Crippen molar-refractivity contribution in [1.82, 2.24) is 4.98 Å². The molecule has 10 heteroatoms. The number of carbonyl (C=O) groups excluding carboxylic acids is 1. The van der Waals surface area contributed by atoms with Crippen molar-refractivity contribution in [1.29, 1.82) is 0 Å². The molecule has 28 heavy (non-hydrogen) atoms. The number of hydrogen-bond donors (Lipinski definition) is 0. The lowest BCUT2D eigenvalue weighted by Crippen LogP contribution is -2.17. The third kappa shape index (κ3) is 6.62. The van der Waals surface area contributed by atoms with E-state index in [9.17, 15) is 13.2 Å². The van der Waals surface area contributed by atoms with Gasteiger partial charge in [0.1, 0.15) is 11.4 Å². The van der Waals surface area contributed by atoms with Crippen molar-refractivity contribution in [3.05, 3.63) is 42.1 Å². The predicted octanol–water partition coefficient (Wildman–Crippen LogP) is 3.56. The van der Waals surface area contributed by atoms with E-state index in [4.69, 9.17) is 13.7 Å². The van der Waals surface area contributed by atoms with Gasteiger partial charge in [0.05, 0.1) is 12.9 Å². The van der Waals surface area contributed by atoms with Crippen LogP contribution in [0.3, 0.4) is 0 Å². The number of pyridine rings is 1. The summed E-state index contributed by atoms with van der Waals surface area (Å²) >= 11 is 0. The summed E-state index contributed by atoms with van der Waals surface area (Å²) in [7, 11) is -3.82. The van der Waals surface area contributed by atoms with Crippen molar-refractivity contribution in [2.24, 2.45) is 10.2 Å². The molecule has 0 amide bonds. The van der Waals surface area contributed by atoms with E-state index in [2.05, 4.69) is 15.2 Å². The second-order valence-electron chi connectivity index (χ2n) is 5.84. The van der Waals surface area contributed by atoms with E-state index in [0.717, 1.165) is 11.8 Å². The van der Waals surface area contributed by atoms with E-state index in [0.29, 0.717) is 11.6 Å². The second-order valence-corrected chi connectivity index (χ2v) is 7.41. The zero-order valence-electron chi connectivity index (χ0n) is 15.9. The van der Waals surface area contributed by atoms with E-state index in [1.165, 1.54) is 19.1 Å². The first-order chi connectivity index (χ1) is 13.2. The highest BCUT2D eigenvalue weighted by Crippen LogP contribution is 2.34. The van der Waals surface area contributed by atoms with Crippen LogP contribution in [0.25, 0.3) is 0 Å². The molecule has 0 spiro atoms. The SMILES string of the molecule is CCOC(=O)C(C)N=Nc1ccc(Oc2ccc(C)cn2)cc1OS(C)(=O)=O. The van der Waals surface area contributed by atoms with Crippen molar-refractivity contribution in [2.75, 3.05) is 12.9 Å². The molecule has 0 bridgehead atoms. The molecule has 2 rings (SSSR count). The quantitative estimate of drug-likeness (QED) is 0.373. The molecule has 150 valence electrons. The van der Waals surface area contributed by atoms with Gasteiger partial charge < -0.3 is 13.7 Å². The first-order valence-corrected chi connectivity index (χ1v) is 10.2. The molecule has 0 radical (unpaired) electrons. The number of azo groups is 1. The summed E-state index contributed by atoms with van der Waals surface area (Å²) in [6.07, 6.45) is 2.55. The molecular weight excluding hydrogens is 386 g/mol. The number of nitrogens with zero attached hydrogens (tertiary/aromatic N) is 3. The Labute approximate surface area is 163 Å². The van der Waals surface area contributed by atoms with Gasteiger partial charge in [-0.3, -0.25) is 0 Å². The molecular formula is C18H21N3O6S. The van der Waals surface area contributed by atoms with E-state index in [-0.39, 0.29) is 18.0 Å². The second kappa shape index (κ2) is 9.27. The van der Waals surface area contributed by atoms with E-state index in [1.54, 1.807) is 25.3 Å². The van der Waals surface area contributed by atoms with Gasteiger partial charge in [-0.2, -0.15) is 18.6 Å². The number of benzene rings is 1. The topological polar surface area (TPSA) is 117 Å². The number of aryl methyl sites for hydroxylation is 1. The molecule has 1 aromatic heterocycles. The molecule has 2 aromatic rings. The standard InChI is InChI=1S/C18H21N3O6S/c1-5-25-18(22)13(3)20-21-15-8-7-14(10-16(15)27-28(4,23)24)26-17-9-6-12(2)11-19-17/h6-11,13H,5H2,1-4H3. The van der Waals surface area contributed by atoms with Gasteiger partial charge in [-0.05, 0) is 38.5 Å². The normalized spacial score (nSPS) is 12.6. The maximum absolute atomic E-state index is 11.6. The highest BCUT2D eigenvalue weighted by Gasteiger charge is 2.15. The average molecular weight is 407 g/mol. The van der Waals surface area contributed by atoms with Crippen molar-refractivity contribution in [3.63, 3.8) is 0 Å². The fraction of sp³-hybridized carbons (Fsp3) is 0.333. The van der Waals surface area contributed by atoms with Gasteiger partial charge in [0.2, 0.25) is 5.88 Å². The number of aromatic nitrogens is 1. The molecule has 1 heterocycles. The van der Waals surface area contributed by atoms with E-state index >= 15 is 0 Å². The van der Waals surface area contributed by atoms with Crippen molar-refractivity contribution < 1.29 is 26.9 Å². The number of esters is 1. The smallest absolute Gasteiger partial charge is 0.332 e. The minimum atomic E-state index is -3.82. The van der Waals surface area contributed by atoms with E-state index < -0.39 is 22.1 Å². The third-order valence-electron chi connectivity index (χ3n) is 3.25. The Morgan fingerprint density at radius 3 is 2.61 bits per heavy atom. The van der Waals surface area contributed by atoms with Gasteiger partial charge in [0.25, 0.3) is 0 Å². The fourth-order valence-corrected chi connectivity index (χ4v) is 2.42. The number of hydrogen-bond acceptors (Lipinski definition) is 9. The van der Waals surface area contributed by atoms with Crippen LogP contribution in [0.15, 0.2) is 46.8 Å². The number of carbonyl (C=O) groups is 1. The lowest BCUT2D eigenvalue weighted by molar-refractivity contribution is -0.144. The average Bonchev–Trinajstić information content (AvgIpc) is 2.61. The highest BCUT2D eigenvalue weighted by atomic mass is 32.2. The fourth-order valence-electron chi connectivity index (χ4n) is 1.96. The predicted molar refractivity (Wildman–Crippen MR) is 102 cm³/mol. The molecule has 0 aliphatic rings. The number of ether oxygens (including phenoxy) is 2. The maximum Gasteiger partial charge on any atom is 0.332 e. The van der Waals surface area contributed by atoms with Crippen LogP contribution in [-0.2, 0) is 19.6 Å². The summed E-state index contributed by atoms with van der Waals surface area (Å²) in [6.45, 7) is 5.31. The lowest BCUT2D eigenvalue weighted by atomic mass is 10.3. The molecule has 1 aromatic carbocycles. The van der Waals surface area contributed by atoms with Gasteiger partial charge in [0, 0.05) is 18.3 Å². The zero-order chi connectivity index (χ0) is 20.7. The molecule has 0 saturated heterocycles. The van der Waals surface area contributed by atoms with Crippen LogP contribution in [0.4, 0.5) is 5.69 Å². The molecule has 0 aliphatic carbocycles. The van der Waals surface area contributed by atoms with Crippen LogP contribution in [0.5, 0.6) is 17.4 Å². The first-order valence-electron chi connectivity index (χ1n) is 8.39. The molecule has 1 atom stereocenters. The van der Waals surface area contributed by atoms with Crippen LogP contribution < -0.4 is 8.92 Å². The van der Waals surface area contributed by atoms with Gasteiger partial charge in [-0.15, -0.1) is 0 Å². The Hall–Kier alpha value is -3.01. The van der Waals surface area contributed by atoms with Gasteiger partial charge in [-0.1, -0.05) is 6.07 Å². The Morgan fingerprint density at radius 1 is 1.25 bits per heavy atom. The monoisotopic (exact) mass is 407 g/mol. The van der Waals surface area contributed by atoms with E-state index in [1.807, 2.05) is 13.0 Å². The molecule has 0 fully saturated rings. The highest BCUT2D eigenvalue weighted by molar-refractivity contribution is 7.86. The van der Waals surface area contributed by atoms with Crippen molar-refractivity contribution in [3.8, 4) is 17.4 Å². The van der Waals surface area contributed by atoms with Gasteiger partial charge in [-0.25, -0.2) is 9.78 Å². The Kier molecular flexibility index (Phi) is 7.05. The van der Waals surface area contributed by atoms with Crippen LogP contribution >= 0.6 is 0 Å². The largest absolute Gasteiger partial charge is 0.464 e. The van der Waals surface area contributed by atoms with Crippen LogP contribution in [0, 0.1) is 6.92 Å². The molecule has 0 N–H and O–H groups in total. The van der Waals surface area contributed by atoms with Crippen molar-refractivity contribution >= 4 is 21.8 Å². The van der Waals surface area contributed by atoms with Gasteiger partial charge >= 0.3 is 16.1 Å². The lowest BCUT2D eigenvalue weighted by Gasteiger charge is -2.10. The number of rotatable bonds is 8. The van der Waals surface area contributed by atoms with Crippen molar-refractivity contribution in [2.45, 2.75) is 26.8 Å². The minimum absolute atomic E-state index is 0.0908. The minimum Gasteiger partial charge on any atom is -0.464 e. The Morgan fingerprint density at radius 2 is 2.00 bits per heavy atom. The summed E-state index contributed by atoms with van der Waals surface area (Å²) < 4.78 is 38.6. The maximum atomic E-state index is 11.6. The first kappa shape index (κ1) is 21.3. The van der Waals surface area contributed by atoms with Crippen LogP contribution in [-0.4, -0.2) is 38.3 Å². The molecule has 0 aliphatic heterocycles. The molecule has 9 nitrogen and oxygen atoms in total. The van der Waals surface area contributed by atoms with Crippen LogP contribution in [0.1, 0.15) is 19.4 Å². The summed E-state index contributed by atoms with van der Waals surface area (Å²) in [5, 5.41) is 7.77. The Bertz CT molecular complexity index is 958.